The van der Waals surface area contributed by atoms with Crippen LogP contribution in [0.15, 0.2) is 54.7 Å². The summed E-state index contributed by atoms with van der Waals surface area (Å²) in [5.74, 6) is -0.260. The number of halogens is 2. The van der Waals surface area contributed by atoms with E-state index in [2.05, 4.69) is 10.3 Å². The van der Waals surface area contributed by atoms with E-state index in [0.717, 1.165) is 5.65 Å². The molecule has 1 N–H and O–H groups in total. The summed E-state index contributed by atoms with van der Waals surface area (Å²) in [5, 5.41) is 3.71. The Hall–Kier alpha value is -2.30. The van der Waals surface area contributed by atoms with Gasteiger partial charge < -0.3 is 5.32 Å². The van der Waals surface area contributed by atoms with E-state index < -0.39 is 0 Å². The monoisotopic (exact) mass is 331 g/mol. The predicted molar refractivity (Wildman–Crippen MR) is 89.3 cm³/mol. The van der Waals surface area contributed by atoms with Crippen molar-refractivity contribution in [3.63, 3.8) is 0 Å². The van der Waals surface area contributed by atoms with Crippen molar-refractivity contribution >= 4 is 46.5 Å². The van der Waals surface area contributed by atoms with Crippen LogP contribution in [0.25, 0.3) is 11.7 Å². The number of nitrogens with zero attached hydrogens (tertiary/aromatic N) is 2. The number of imidazole rings is 1. The van der Waals surface area contributed by atoms with Crippen LogP contribution in [0.2, 0.25) is 10.2 Å². The van der Waals surface area contributed by atoms with Gasteiger partial charge >= 0.3 is 0 Å². The van der Waals surface area contributed by atoms with E-state index in [9.17, 15) is 4.79 Å². The van der Waals surface area contributed by atoms with Crippen LogP contribution in [-0.4, -0.2) is 15.3 Å². The van der Waals surface area contributed by atoms with Gasteiger partial charge in [0.05, 0.1) is 5.69 Å². The molecule has 1 amide bonds. The molecule has 0 bridgehead atoms. The number of nitrogens with one attached hydrogen (secondary N) is 1. The van der Waals surface area contributed by atoms with E-state index in [0.29, 0.717) is 21.6 Å². The van der Waals surface area contributed by atoms with Gasteiger partial charge in [0.2, 0.25) is 5.91 Å². The van der Waals surface area contributed by atoms with Crippen molar-refractivity contribution in [3.05, 3.63) is 70.6 Å². The standard InChI is InChI=1S/C16H11Cl2N3O/c17-11-4-6-12(7-5-11)19-15(22)9-8-13-16(18)20-14-3-1-2-10-21(13)14/h1-10H,(H,19,22)/b9-8+. The number of carbonyl (C=O) groups is 1. The predicted octanol–water partition coefficient (Wildman–Crippen LogP) is 4.29. The van der Waals surface area contributed by atoms with E-state index in [1.165, 1.54) is 6.08 Å². The second kappa shape index (κ2) is 6.22. The highest BCUT2D eigenvalue weighted by Gasteiger charge is 2.07. The topological polar surface area (TPSA) is 46.4 Å². The molecule has 0 atom stereocenters. The molecule has 3 rings (SSSR count). The molecule has 0 spiro atoms. The Morgan fingerprint density at radius 3 is 2.68 bits per heavy atom. The summed E-state index contributed by atoms with van der Waals surface area (Å²) in [6.07, 6.45) is 4.88. The third-order valence-electron chi connectivity index (χ3n) is 3.03. The lowest BCUT2D eigenvalue weighted by Crippen LogP contribution is -2.07. The first-order valence-electron chi connectivity index (χ1n) is 6.51. The molecule has 0 saturated carbocycles. The zero-order valence-corrected chi connectivity index (χ0v) is 12.8. The highest BCUT2D eigenvalue weighted by molar-refractivity contribution is 6.31. The van der Waals surface area contributed by atoms with E-state index in [-0.39, 0.29) is 5.91 Å². The summed E-state index contributed by atoms with van der Waals surface area (Å²) in [7, 11) is 0. The largest absolute Gasteiger partial charge is 0.323 e. The normalized spacial score (nSPS) is 11.2. The Balaban J connectivity index is 1.79. The molecule has 6 heteroatoms. The number of fused-ring (bicyclic) bond motifs is 1. The fourth-order valence-electron chi connectivity index (χ4n) is 2.01. The first-order valence-corrected chi connectivity index (χ1v) is 7.26. The number of pyridine rings is 1. The first kappa shape index (κ1) is 14.6. The van der Waals surface area contributed by atoms with Crippen molar-refractivity contribution in [2.45, 2.75) is 0 Å². The molecule has 0 aliphatic carbocycles. The highest BCUT2D eigenvalue weighted by Crippen LogP contribution is 2.19. The molecule has 0 aliphatic heterocycles. The minimum atomic E-state index is -0.260. The number of amides is 1. The van der Waals surface area contributed by atoms with E-state index in [1.807, 2.05) is 28.8 Å². The summed E-state index contributed by atoms with van der Waals surface area (Å²) >= 11 is 11.9. The van der Waals surface area contributed by atoms with Crippen LogP contribution in [0.5, 0.6) is 0 Å². The van der Waals surface area contributed by atoms with Crippen LogP contribution < -0.4 is 5.32 Å². The van der Waals surface area contributed by atoms with Gasteiger partial charge in [-0.25, -0.2) is 4.98 Å². The van der Waals surface area contributed by atoms with Gasteiger partial charge in [0.1, 0.15) is 5.65 Å². The van der Waals surface area contributed by atoms with Crippen molar-refractivity contribution in [2.24, 2.45) is 0 Å². The van der Waals surface area contributed by atoms with Crippen LogP contribution in [0.4, 0.5) is 5.69 Å². The average molecular weight is 332 g/mol. The maximum absolute atomic E-state index is 11.9. The quantitative estimate of drug-likeness (QED) is 0.727. The van der Waals surface area contributed by atoms with E-state index in [4.69, 9.17) is 23.2 Å². The summed E-state index contributed by atoms with van der Waals surface area (Å²) in [6.45, 7) is 0. The molecule has 2 heterocycles. The van der Waals surface area contributed by atoms with Gasteiger partial charge in [-0.3, -0.25) is 9.20 Å². The Kier molecular flexibility index (Phi) is 4.13. The van der Waals surface area contributed by atoms with Crippen molar-refractivity contribution in [2.75, 3.05) is 5.32 Å². The van der Waals surface area contributed by atoms with E-state index in [1.54, 1.807) is 30.3 Å². The third-order valence-corrected chi connectivity index (χ3v) is 3.56. The minimum absolute atomic E-state index is 0.260. The fraction of sp³-hybridized carbons (Fsp3) is 0. The second-order valence-electron chi connectivity index (χ2n) is 4.55. The number of aromatic nitrogens is 2. The molecule has 22 heavy (non-hydrogen) atoms. The molecule has 1 aromatic carbocycles. The molecule has 0 aliphatic rings. The van der Waals surface area contributed by atoms with Crippen LogP contribution >= 0.6 is 23.2 Å². The molecule has 3 aromatic rings. The molecule has 0 radical (unpaired) electrons. The van der Waals surface area contributed by atoms with Gasteiger partial charge in [-0.15, -0.1) is 0 Å². The molecule has 0 saturated heterocycles. The third kappa shape index (κ3) is 3.13. The van der Waals surface area contributed by atoms with Crippen molar-refractivity contribution in [1.82, 2.24) is 9.38 Å². The lowest BCUT2D eigenvalue weighted by Gasteiger charge is -2.01. The smallest absolute Gasteiger partial charge is 0.248 e. The van der Waals surface area contributed by atoms with Crippen LogP contribution in [0.3, 0.4) is 0 Å². The summed E-state index contributed by atoms with van der Waals surface area (Å²) < 4.78 is 1.81. The maximum atomic E-state index is 11.9. The highest BCUT2D eigenvalue weighted by atomic mass is 35.5. The van der Waals surface area contributed by atoms with Crippen LogP contribution in [0.1, 0.15) is 5.69 Å². The van der Waals surface area contributed by atoms with Gasteiger partial charge in [-0.1, -0.05) is 29.3 Å². The molecule has 0 fully saturated rings. The number of rotatable bonds is 3. The van der Waals surface area contributed by atoms with Gasteiger partial charge in [0.25, 0.3) is 0 Å². The van der Waals surface area contributed by atoms with Crippen molar-refractivity contribution in [3.8, 4) is 0 Å². The molecular formula is C16H11Cl2N3O. The van der Waals surface area contributed by atoms with Gasteiger partial charge in [0, 0.05) is 23.0 Å². The fourth-order valence-corrected chi connectivity index (χ4v) is 2.37. The minimum Gasteiger partial charge on any atom is -0.323 e. The number of anilines is 1. The molecular weight excluding hydrogens is 321 g/mol. The zero-order chi connectivity index (χ0) is 15.5. The molecule has 110 valence electrons. The summed E-state index contributed by atoms with van der Waals surface area (Å²) in [5.41, 5.74) is 2.05. The Morgan fingerprint density at radius 1 is 1.14 bits per heavy atom. The molecule has 4 nitrogen and oxygen atoms in total. The summed E-state index contributed by atoms with van der Waals surface area (Å²) in [6, 6.07) is 12.5. The van der Waals surface area contributed by atoms with Gasteiger partial charge in [0.15, 0.2) is 5.15 Å². The maximum Gasteiger partial charge on any atom is 0.248 e. The lowest BCUT2D eigenvalue weighted by molar-refractivity contribution is -0.111. The van der Waals surface area contributed by atoms with Crippen LogP contribution in [0, 0.1) is 0 Å². The van der Waals surface area contributed by atoms with E-state index >= 15 is 0 Å². The number of carbonyl (C=O) groups excluding carboxylic acids is 1. The Labute approximate surface area is 137 Å². The number of hydrogen-bond donors (Lipinski definition) is 1. The average Bonchev–Trinajstić information content (AvgIpc) is 2.83. The van der Waals surface area contributed by atoms with Gasteiger partial charge in [-0.2, -0.15) is 0 Å². The lowest BCUT2D eigenvalue weighted by atomic mass is 10.3. The SMILES string of the molecule is O=C(/C=C/c1c(Cl)nc2ccccn12)Nc1ccc(Cl)cc1. The Morgan fingerprint density at radius 2 is 1.91 bits per heavy atom. The summed E-state index contributed by atoms with van der Waals surface area (Å²) in [4.78, 5) is 16.2. The molecule has 0 unspecified atom stereocenters. The van der Waals surface area contributed by atoms with Crippen LogP contribution in [-0.2, 0) is 4.79 Å². The molecule has 2 aromatic heterocycles. The second-order valence-corrected chi connectivity index (χ2v) is 5.34. The Bertz CT molecular complexity index is 853. The van der Waals surface area contributed by atoms with Crippen molar-refractivity contribution < 1.29 is 4.79 Å². The number of hydrogen-bond acceptors (Lipinski definition) is 2. The van der Waals surface area contributed by atoms with Crippen molar-refractivity contribution in [1.29, 1.82) is 0 Å². The first-order chi connectivity index (χ1) is 10.6. The number of benzene rings is 1. The zero-order valence-electron chi connectivity index (χ0n) is 11.3. The van der Waals surface area contributed by atoms with Gasteiger partial charge in [-0.05, 0) is 42.5 Å².